The molecule has 1 atom stereocenters. The molecule has 0 aliphatic heterocycles. The molecule has 0 radical (unpaired) electrons. The van der Waals surface area contributed by atoms with Gasteiger partial charge in [0.25, 0.3) is 0 Å². The van der Waals surface area contributed by atoms with Crippen molar-refractivity contribution in [1.29, 1.82) is 0 Å². The number of anilines is 1. The number of nitrogens with two attached hydrogens (primary N) is 1. The molecule has 4 aromatic heterocycles. The van der Waals surface area contributed by atoms with Gasteiger partial charge in [-0.1, -0.05) is 17.3 Å². The Morgan fingerprint density at radius 2 is 1.79 bits per heavy atom. The molecule has 2 aromatic carbocycles. The summed E-state index contributed by atoms with van der Waals surface area (Å²) in [7, 11) is 5.81. The maximum atomic E-state index is 6.27. The fourth-order valence-corrected chi connectivity index (χ4v) is 4.54. The molecule has 2 N–H and O–H groups in total. The van der Waals surface area contributed by atoms with Crippen molar-refractivity contribution in [3.8, 4) is 11.1 Å². The summed E-state index contributed by atoms with van der Waals surface area (Å²) >= 11 is 0. The van der Waals surface area contributed by atoms with Crippen LogP contribution >= 0.6 is 0 Å². The van der Waals surface area contributed by atoms with Crippen LogP contribution in [-0.4, -0.2) is 39.3 Å². The standard InChI is InChI=1S/C25H23N9/c1-32-8-6-15-4-5-16(10-22(15)32)18-11-17(26)12-20-25(18)29-21(13-27-20)24(19-7-9-33(2)30-19)23-14-28-31-34(23)3/h4-14,24H,26H2,1-3H3/t24-/m0/s1. The fraction of sp³-hybridized carbons (Fsp3) is 0.160. The van der Waals surface area contributed by atoms with Crippen LogP contribution in [0.2, 0.25) is 0 Å². The van der Waals surface area contributed by atoms with E-state index >= 15 is 0 Å². The average molecular weight is 450 g/mol. The smallest absolute Gasteiger partial charge is 0.0970 e. The molecule has 0 saturated heterocycles. The van der Waals surface area contributed by atoms with E-state index in [0.29, 0.717) is 5.69 Å². The zero-order valence-corrected chi connectivity index (χ0v) is 19.1. The molecular weight excluding hydrogens is 426 g/mol. The quantitative estimate of drug-likeness (QED) is 0.414. The van der Waals surface area contributed by atoms with Gasteiger partial charge >= 0.3 is 0 Å². The maximum Gasteiger partial charge on any atom is 0.0970 e. The normalized spacial score (nSPS) is 12.6. The lowest BCUT2D eigenvalue weighted by Gasteiger charge is -2.16. The average Bonchev–Trinajstić information content (AvgIpc) is 3.55. The van der Waals surface area contributed by atoms with E-state index in [-0.39, 0.29) is 5.92 Å². The van der Waals surface area contributed by atoms with Gasteiger partial charge in [0.1, 0.15) is 0 Å². The van der Waals surface area contributed by atoms with E-state index in [2.05, 4.69) is 50.4 Å². The van der Waals surface area contributed by atoms with Gasteiger partial charge in [-0.25, -0.2) is 4.98 Å². The molecular formula is C25H23N9. The van der Waals surface area contributed by atoms with Crippen molar-refractivity contribution in [1.82, 2.24) is 39.3 Å². The van der Waals surface area contributed by atoms with Crippen LogP contribution in [-0.2, 0) is 21.1 Å². The van der Waals surface area contributed by atoms with Gasteiger partial charge in [0.2, 0.25) is 0 Å². The summed E-state index contributed by atoms with van der Waals surface area (Å²) in [6.45, 7) is 0. The minimum Gasteiger partial charge on any atom is -0.399 e. The van der Waals surface area contributed by atoms with Crippen LogP contribution in [0.5, 0.6) is 0 Å². The van der Waals surface area contributed by atoms with Gasteiger partial charge in [-0.2, -0.15) is 5.10 Å². The Morgan fingerprint density at radius 1 is 0.912 bits per heavy atom. The first kappa shape index (κ1) is 20.1. The van der Waals surface area contributed by atoms with Crippen LogP contribution in [0.25, 0.3) is 33.1 Å². The monoisotopic (exact) mass is 449 g/mol. The molecule has 4 heterocycles. The molecule has 0 fully saturated rings. The minimum atomic E-state index is -0.265. The number of nitrogen functional groups attached to an aromatic ring is 1. The molecule has 0 spiro atoms. The molecule has 9 heteroatoms. The van der Waals surface area contributed by atoms with Crippen molar-refractivity contribution >= 4 is 27.6 Å². The first-order valence-electron chi connectivity index (χ1n) is 10.9. The summed E-state index contributed by atoms with van der Waals surface area (Å²) < 4.78 is 5.64. The topological polar surface area (TPSA) is 105 Å². The van der Waals surface area contributed by atoms with E-state index < -0.39 is 0 Å². The number of aryl methyl sites for hydroxylation is 3. The predicted molar refractivity (Wildman–Crippen MR) is 131 cm³/mol. The Hall–Kier alpha value is -4.53. The van der Waals surface area contributed by atoms with Crippen molar-refractivity contribution in [3.05, 3.63) is 84.3 Å². The van der Waals surface area contributed by atoms with Crippen LogP contribution < -0.4 is 5.73 Å². The van der Waals surface area contributed by atoms with Gasteiger partial charge in [0, 0.05) is 50.3 Å². The Kier molecular flexibility index (Phi) is 4.44. The molecule has 0 aliphatic rings. The van der Waals surface area contributed by atoms with Gasteiger partial charge in [0.05, 0.1) is 46.4 Å². The Bertz CT molecular complexity index is 1670. The number of aromatic nitrogens is 8. The van der Waals surface area contributed by atoms with Crippen molar-refractivity contribution in [2.75, 3.05) is 5.73 Å². The molecule has 0 bridgehead atoms. The van der Waals surface area contributed by atoms with E-state index in [1.807, 2.05) is 45.5 Å². The highest BCUT2D eigenvalue weighted by molar-refractivity contribution is 5.97. The lowest BCUT2D eigenvalue weighted by molar-refractivity contribution is 0.650. The van der Waals surface area contributed by atoms with Crippen molar-refractivity contribution in [3.63, 3.8) is 0 Å². The number of hydrogen-bond acceptors (Lipinski definition) is 6. The third-order valence-corrected chi connectivity index (χ3v) is 6.26. The zero-order valence-electron chi connectivity index (χ0n) is 19.1. The highest BCUT2D eigenvalue weighted by Gasteiger charge is 2.25. The van der Waals surface area contributed by atoms with E-state index in [4.69, 9.17) is 15.7 Å². The SMILES string of the molecule is Cn1ccc([C@@H](c2cnc3cc(N)cc(-c4ccc5ccn(C)c5c4)c3n2)c2cnnn2C)n1. The third-order valence-electron chi connectivity index (χ3n) is 6.26. The van der Waals surface area contributed by atoms with Gasteiger partial charge < -0.3 is 10.3 Å². The Balaban J connectivity index is 1.59. The van der Waals surface area contributed by atoms with Gasteiger partial charge in [-0.05, 0) is 41.3 Å². The first-order valence-corrected chi connectivity index (χ1v) is 10.9. The molecule has 0 unspecified atom stereocenters. The summed E-state index contributed by atoms with van der Waals surface area (Å²) in [6.07, 6.45) is 7.52. The maximum absolute atomic E-state index is 6.27. The lowest BCUT2D eigenvalue weighted by atomic mass is 9.97. The van der Waals surface area contributed by atoms with E-state index in [1.54, 1.807) is 21.8 Å². The Labute approximate surface area is 195 Å². The molecule has 6 rings (SSSR count). The van der Waals surface area contributed by atoms with Crippen LogP contribution in [0.4, 0.5) is 5.69 Å². The Morgan fingerprint density at radius 3 is 2.56 bits per heavy atom. The number of hydrogen-bond donors (Lipinski definition) is 1. The second kappa shape index (κ2) is 7.51. The largest absolute Gasteiger partial charge is 0.399 e. The van der Waals surface area contributed by atoms with Crippen LogP contribution in [0.3, 0.4) is 0 Å². The molecule has 168 valence electrons. The lowest BCUT2D eigenvalue weighted by Crippen LogP contribution is -2.12. The van der Waals surface area contributed by atoms with Gasteiger partial charge in [-0.15, -0.1) is 5.10 Å². The summed E-state index contributed by atoms with van der Waals surface area (Å²) in [5.74, 6) is -0.265. The second-order valence-corrected chi connectivity index (χ2v) is 8.56. The van der Waals surface area contributed by atoms with Gasteiger partial charge in [0.15, 0.2) is 0 Å². The van der Waals surface area contributed by atoms with Crippen molar-refractivity contribution < 1.29 is 0 Å². The summed E-state index contributed by atoms with van der Waals surface area (Å²) in [6, 6.07) is 14.3. The minimum absolute atomic E-state index is 0.265. The molecule has 0 amide bonds. The zero-order chi connectivity index (χ0) is 23.4. The number of rotatable bonds is 4. The third kappa shape index (κ3) is 3.21. The van der Waals surface area contributed by atoms with Crippen LogP contribution in [0, 0.1) is 0 Å². The first-order chi connectivity index (χ1) is 16.5. The molecule has 0 saturated carbocycles. The number of nitrogens with zero attached hydrogens (tertiary/aromatic N) is 8. The number of benzene rings is 2. The van der Waals surface area contributed by atoms with E-state index in [1.165, 1.54) is 5.39 Å². The number of fused-ring (bicyclic) bond motifs is 2. The van der Waals surface area contributed by atoms with Crippen molar-refractivity contribution in [2.45, 2.75) is 5.92 Å². The second-order valence-electron chi connectivity index (χ2n) is 8.56. The molecule has 6 aromatic rings. The van der Waals surface area contributed by atoms with E-state index in [0.717, 1.165) is 44.8 Å². The summed E-state index contributed by atoms with van der Waals surface area (Å²) in [5, 5.41) is 14.1. The predicted octanol–water partition coefficient (Wildman–Crippen LogP) is 3.41. The molecule has 9 nitrogen and oxygen atoms in total. The van der Waals surface area contributed by atoms with Crippen LogP contribution in [0.1, 0.15) is 23.0 Å². The van der Waals surface area contributed by atoms with E-state index in [9.17, 15) is 0 Å². The highest BCUT2D eigenvalue weighted by atomic mass is 15.4. The molecule has 0 aliphatic carbocycles. The summed E-state index contributed by atoms with van der Waals surface area (Å²) in [4.78, 5) is 9.88. The summed E-state index contributed by atoms with van der Waals surface area (Å²) in [5.41, 5.74) is 14.1. The molecule has 34 heavy (non-hydrogen) atoms. The fourth-order valence-electron chi connectivity index (χ4n) is 4.54. The van der Waals surface area contributed by atoms with Crippen molar-refractivity contribution in [2.24, 2.45) is 21.1 Å². The highest BCUT2D eigenvalue weighted by Crippen LogP contribution is 2.34. The van der Waals surface area contributed by atoms with Crippen LogP contribution in [0.15, 0.2) is 67.3 Å². The van der Waals surface area contributed by atoms with Gasteiger partial charge in [-0.3, -0.25) is 14.3 Å².